The number of hydrogen-bond donors (Lipinski definition) is 5. The Morgan fingerprint density at radius 3 is 2.44 bits per heavy atom. The zero-order chi connectivity index (χ0) is 36.2. The Morgan fingerprint density at radius 1 is 1.02 bits per heavy atom. The number of ether oxygens (including phenoxy) is 1. The molecule has 0 bridgehead atoms. The molecule has 50 heavy (non-hydrogen) atoms. The lowest BCUT2D eigenvalue weighted by Crippen LogP contribution is -2.65. The summed E-state index contributed by atoms with van der Waals surface area (Å²) in [5.74, 6) is -1.43. The predicted octanol–water partition coefficient (Wildman–Crippen LogP) is 5.67. The summed E-state index contributed by atoms with van der Waals surface area (Å²) in [6.45, 7) is 17.0. The molecule has 1 aromatic heterocycles. The minimum Gasteiger partial charge on any atom is -0.505 e. The quantitative estimate of drug-likeness (QED) is 0.186. The largest absolute Gasteiger partial charge is 0.505 e. The lowest BCUT2D eigenvalue weighted by molar-refractivity contribution is -0.203. The molecular weight excluding hydrogens is 636 g/mol. The van der Waals surface area contributed by atoms with Gasteiger partial charge in [0, 0.05) is 0 Å². The number of esters is 1. The second-order valence-corrected chi connectivity index (χ2v) is 19.0. The number of hydrogen-bond acceptors (Lipinski definition) is 9. The number of carbonyl (C=O) groups is 2. The fraction of sp³-hybridized carbons (Fsp3) is 0.795. The SMILES string of the molecule is CC1(C)CC[C@]2(C(=O)NCc3cn(C[C@H](O)[C@H]4OC(=O)C(O)=C4O)nn3)CC[C@]3(C)C(=CC[C@@H]4[C@@]5(C)CC[C@H](O)C(C)(C)[C@@H]5CC[C@]43C)[C@@H]2C1. The van der Waals surface area contributed by atoms with Crippen LogP contribution in [-0.4, -0.2) is 65.6 Å². The molecule has 1 aromatic rings. The number of cyclic esters (lactones) is 1. The fourth-order valence-electron chi connectivity index (χ4n) is 12.5. The zero-order valence-electron chi connectivity index (χ0n) is 31.0. The first-order valence-corrected chi connectivity index (χ1v) is 18.9. The monoisotopic (exact) mass is 694 g/mol. The predicted molar refractivity (Wildman–Crippen MR) is 185 cm³/mol. The molecule has 276 valence electrons. The lowest BCUT2D eigenvalue weighted by atomic mass is 9.33. The molecule has 11 heteroatoms. The number of rotatable bonds is 6. The van der Waals surface area contributed by atoms with Crippen molar-refractivity contribution in [2.45, 2.75) is 144 Å². The van der Waals surface area contributed by atoms with Crippen LogP contribution in [0.15, 0.2) is 29.4 Å². The molecule has 0 aromatic carbocycles. The highest BCUT2D eigenvalue weighted by molar-refractivity contribution is 5.89. The van der Waals surface area contributed by atoms with Crippen molar-refractivity contribution in [3.63, 3.8) is 0 Å². The van der Waals surface area contributed by atoms with E-state index in [0.717, 1.165) is 64.2 Å². The van der Waals surface area contributed by atoms with Crippen LogP contribution >= 0.6 is 0 Å². The highest BCUT2D eigenvalue weighted by Crippen LogP contribution is 2.75. The van der Waals surface area contributed by atoms with Crippen LogP contribution in [0.3, 0.4) is 0 Å². The Kier molecular flexibility index (Phi) is 8.19. The number of nitrogens with one attached hydrogen (secondary N) is 1. The minimum absolute atomic E-state index is 0.00353. The normalized spacial score (nSPS) is 42.3. The van der Waals surface area contributed by atoms with E-state index in [1.54, 1.807) is 6.20 Å². The Bertz CT molecular complexity index is 1630. The number of aliphatic hydroxyl groups excluding tert-OH is 4. The van der Waals surface area contributed by atoms with Crippen molar-refractivity contribution in [2.24, 2.45) is 50.2 Å². The molecule has 4 saturated carbocycles. The number of amides is 1. The van der Waals surface area contributed by atoms with Crippen LogP contribution in [0, 0.1) is 50.2 Å². The Morgan fingerprint density at radius 2 is 1.74 bits per heavy atom. The van der Waals surface area contributed by atoms with Crippen molar-refractivity contribution in [2.75, 3.05) is 0 Å². The first kappa shape index (κ1) is 35.5. The third-order valence-corrected chi connectivity index (χ3v) is 15.7. The Balaban J connectivity index is 1.11. The van der Waals surface area contributed by atoms with Crippen LogP contribution < -0.4 is 5.32 Å². The molecule has 1 amide bonds. The van der Waals surface area contributed by atoms with Gasteiger partial charge in [-0.3, -0.25) is 4.79 Å². The van der Waals surface area contributed by atoms with E-state index < -0.39 is 35.1 Å². The maximum atomic E-state index is 14.5. The van der Waals surface area contributed by atoms with Crippen molar-refractivity contribution in [3.05, 3.63) is 35.1 Å². The average molecular weight is 695 g/mol. The van der Waals surface area contributed by atoms with Crippen LogP contribution in [-0.2, 0) is 27.4 Å². The summed E-state index contributed by atoms with van der Waals surface area (Å²) in [6, 6.07) is 0. The van der Waals surface area contributed by atoms with Crippen LogP contribution in [0.1, 0.15) is 118 Å². The molecule has 2 heterocycles. The molecule has 10 atom stereocenters. The van der Waals surface area contributed by atoms with Gasteiger partial charge in [-0.15, -0.1) is 5.10 Å². The highest BCUT2D eigenvalue weighted by atomic mass is 16.6. The van der Waals surface area contributed by atoms with Gasteiger partial charge in [0.05, 0.1) is 30.8 Å². The smallest absolute Gasteiger partial charge is 0.377 e. The molecule has 0 unspecified atom stereocenters. The van der Waals surface area contributed by atoms with Gasteiger partial charge < -0.3 is 30.5 Å². The van der Waals surface area contributed by atoms with E-state index in [1.165, 1.54) is 10.3 Å². The number of allylic oxidation sites excluding steroid dienone is 2. The third-order valence-electron chi connectivity index (χ3n) is 15.7. The second kappa shape index (κ2) is 11.5. The molecule has 0 saturated heterocycles. The maximum absolute atomic E-state index is 14.5. The van der Waals surface area contributed by atoms with E-state index in [0.29, 0.717) is 17.5 Å². The zero-order valence-corrected chi connectivity index (χ0v) is 31.0. The van der Waals surface area contributed by atoms with Crippen molar-refractivity contribution in [1.82, 2.24) is 20.3 Å². The summed E-state index contributed by atoms with van der Waals surface area (Å²) in [4.78, 5) is 26.1. The van der Waals surface area contributed by atoms with Gasteiger partial charge in [0.15, 0.2) is 11.9 Å². The van der Waals surface area contributed by atoms with Crippen molar-refractivity contribution in [1.29, 1.82) is 0 Å². The van der Waals surface area contributed by atoms with E-state index in [4.69, 9.17) is 4.74 Å². The standard InChI is InChI=1S/C39H58N4O7/c1-34(2)14-16-39(33(49)40-19-22-20-43(42-41-22)21-25(44)31-29(46)30(47)32(48)50-31)17-15-37(6)23(24(39)18-34)8-9-27-36(5)12-11-28(45)35(3,4)26(36)10-13-38(27,37)7/h8,20,24-28,31,44-47H,9-19,21H2,1-7H3,(H,40,49)/t24-,25-,26-,27+,28-,31+,36-,37+,38+,39-/m0/s1. The topological polar surface area (TPSA) is 167 Å². The molecule has 1 aliphatic heterocycles. The van der Waals surface area contributed by atoms with E-state index in [-0.39, 0.29) is 58.1 Å². The number of nitrogens with zero attached hydrogens (tertiary/aromatic N) is 3. The minimum atomic E-state index is -1.38. The molecule has 5 aliphatic carbocycles. The number of fused-ring (bicyclic) bond motifs is 7. The van der Waals surface area contributed by atoms with Crippen LogP contribution in [0.25, 0.3) is 0 Å². The molecule has 5 N–H and O–H groups in total. The molecule has 11 nitrogen and oxygen atoms in total. The highest BCUT2D eigenvalue weighted by Gasteiger charge is 2.69. The molecule has 0 spiro atoms. The van der Waals surface area contributed by atoms with Crippen LogP contribution in [0.4, 0.5) is 0 Å². The van der Waals surface area contributed by atoms with E-state index in [1.807, 2.05) is 0 Å². The molecule has 7 rings (SSSR count). The summed E-state index contributed by atoms with van der Waals surface area (Å²) in [5, 5.41) is 52.6. The van der Waals surface area contributed by atoms with Crippen molar-refractivity contribution in [3.8, 4) is 0 Å². The van der Waals surface area contributed by atoms with Gasteiger partial charge in [-0.1, -0.05) is 65.3 Å². The second-order valence-electron chi connectivity index (χ2n) is 19.0. The van der Waals surface area contributed by atoms with Crippen molar-refractivity contribution >= 4 is 11.9 Å². The summed E-state index contributed by atoms with van der Waals surface area (Å²) >= 11 is 0. The number of aliphatic hydroxyl groups is 4. The first-order chi connectivity index (χ1) is 23.3. The maximum Gasteiger partial charge on any atom is 0.377 e. The molecule has 6 aliphatic rings. The number of carbonyl (C=O) groups excluding carboxylic acids is 2. The lowest BCUT2D eigenvalue weighted by Gasteiger charge is -2.71. The van der Waals surface area contributed by atoms with E-state index in [9.17, 15) is 30.0 Å². The summed E-state index contributed by atoms with van der Waals surface area (Å²) in [5.41, 5.74) is 1.89. The summed E-state index contributed by atoms with van der Waals surface area (Å²) in [7, 11) is 0. The third kappa shape index (κ3) is 5.02. The van der Waals surface area contributed by atoms with Gasteiger partial charge in [-0.2, -0.15) is 0 Å². The molecule has 0 radical (unpaired) electrons. The van der Waals surface area contributed by atoms with Crippen molar-refractivity contribution < 1.29 is 34.8 Å². The van der Waals surface area contributed by atoms with Gasteiger partial charge in [0.2, 0.25) is 11.7 Å². The summed E-state index contributed by atoms with van der Waals surface area (Å²) in [6.07, 6.45) is 11.2. The average Bonchev–Trinajstić information content (AvgIpc) is 3.60. The first-order valence-electron chi connectivity index (χ1n) is 18.9. The van der Waals surface area contributed by atoms with Gasteiger partial charge in [-0.25, -0.2) is 9.48 Å². The Hall–Kier alpha value is -2.92. The molecular formula is C39H58N4O7. The van der Waals surface area contributed by atoms with Crippen LogP contribution in [0.5, 0.6) is 0 Å². The van der Waals surface area contributed by atoms with Gasteiger partial charge in [0.1, 0.15) is 11.8 Å². The summed E-state index contributed by atoms with van der Waals surface area (Å²) < 4.78 is 6.23. The van der Waals surface area contributed by atoms with Gasteiger partial charge in [0.25, 0.3) is 0 Å². The Labute approximate surface area is 295 Å². The molecule has 4 fully saturated rings. The van der Waals surface area contributed by atoms with Gasteiger partial charge in [-0.05, 0) is 109 Å². The van der Waals surface area contributed by atoms with E-state index in [2.05, 4.69) is 70.2 Å². The fourth-order valence-corrected chi connectivity index (χ4v) is 12.5. The van der Waals surface area contributed by atoms with E-state index >= 15 is 0 Å². The van der Waals surface area contributed by atoms with Crippen LogP contribution in [0.2, 0.25) is 0 Å². The number of aromatic nitrogens is 3. The van der Waals surface area contributed by atoms with Gasteiger partial charge >= 0.3 is 5.97 Å².